The minimum atomic E-state index is -1.28. The third kappa shape index (κ3) is 27.6. The molecular weight excluding hydrogens is 1120 g/mol. The summed E-state index contributed by atoms with van der Waals surface area (Å²) in [4.78, 5) is 113. The van der Waals surface area contributed by atoms with Crippen LogP contribution in [0.25, 0.3) is 0 Å². The molecule has 0 heterocycles. The van der Waals surface area contributed by atoms with E-state index >= 15 is 0 Å². The number of nitrogens with two attached hydrogens (primary N) is 1. The van der Waals surface area contributed by atoms with E-state index in [9.17, 15) is 47.9 Å². The second kappa shape index (κ2) is 36.2. The first-order chi connectivity index (χ1) is 34.6. The molecule has 4 atom stereocenters. The van der Waals surface area contributed by atoms with Crippen molar-refractivity contribution < 1.29 is 68.0 Å². The molecule has 4 aromatic rings. The van der Waals surface area contributed by atoms with Gasteiger partial charge in [-0.1, -0.05) is 0 Å². The Labute approximate surface area is 448 Å². The molecule has 11 N–H and O–H groups in total. The topological polar surface area (TPSA) is 339 Å². The summed E-state index contributed by atoms with van der Waals surface area (Å²) in [5, 5.41) is 40.6. The second-order valence-electron chi connectivity index (χ2n) is 14.8. The molecule has 0 aliphatic rings. The van der Waals surface area contributed by atoms with Crippen LogP contribution in [0, 0.1) is 0 Å². The number of anilines is 2. The second-order valence-corrected chi connectivity index (χ2v) is 17.5. The molecule has 0 aliphatic carbocycles. The number of para-hydroxylation sites is 2. The molecule has 73 heavy (non-hydrogen) atoms. The van der Waals surface area contributed by atoms with Crippen LogP contribution in [-0.2, 0) is 43.1 Å². The van der Waals surface area contributed by atoms with Crippen LogP contribution in [0.4, 0.5) is 11.4 Å². The van der Waals surface area contributed by atoms with E-state index in [1.807, 2.05) is 109 Å². The molecule has 0 bridgehead atoms. The molecule has 4 aromatic carbocycles. The molecule has 0 radical (unpaired) electrons. The normalized spacial score (nSPS) is 11.6. The van der Waals surface area contributed by atoms with Crippen molar-refractivity contribution in [2.75, 3.05) is 35.3 Å². The number of carbonyl (C=O) groups is 10. The maximum atomic E-state index is 11.9. The number of hydrogen-bond donors (Lipinski definition) is 12. The van der Waals surface area contributed by atoms with Gasteiger partial charge in [0.1, 0.15) is 30.7 Å². The third-order valence-electron chi connectivity index (χ3n) is 9.03. The number of thiol groups is 2. The summed E-state index contributed by atoms with van der Waals surface area (Å²) in [6.45, 7) is 2.42. The summed E-state index contributed by atoms with van der Waals surface area (Å²) in [6, 6.07) is 29.6. The minimum absolute atomic E-state index is 0.00326. The SMILES string of the molecule is CC(=O)N[C@@H](CCC(=O)N[C@@H](CS)C(=O)NCC(=O)O)C(=O)O.CCOC(=O)[C@H](CS)NC(=O)CC[C@H](N)C(=O)O.O=C(Nc1ccccc1)c1ccccc1[SeH].O=C(Nc1ccccc1)c1ccccc1[SeH]. The van der Waals surface area contributed by atoms with Crippen molar-refractivity contribution in [1.82, 2.24) is 21.3 Å². The first-order valence-corrected chi connectivity index (χ1v) is 25.0. The average Bonchev–Trinajstić information content (AvgIpc) is 3.35. The fourth-order valence-corrected chi connectivity index (χ4v) is 6.99. The van der Waals surface area contributed by atoms with Crippen LogP contribution in [0.3, 0.4) is 0 Å². The molecule has 394 valence electrons. The fraction of sp³-hybridized carbons (Fsp3) is 0.292. The number of benzene rings is 4. The zero-order valence-corrected chi connectivity index (χ0v) is 45.1. The molecule has 4 rings (SSSR count). The Morgan fingerprint density at radius 3 is 1.40 bits per heavy atom. The van der Waals surface area contributed by atoms with Gasteiger partial charge >= 0.3 is 229 Å². The van der Waals surface area contributed by atoms with Crippen molar-refractivity contribution in [1.29, 1.82) is 0 Å². The van der Waals surface area contributed by atoms with E-state index in [1.165, 1.54) is 0 Å². The van der Waals surface area contributed by atoms with E-state index < -0.39 is 78.2 Å². The molecule has 0 aliphatic heterocycles. The van der Waals surface area contributed by atoms with Crippen molar-refractivity contribution in [2.45, 2.75) is 63.7 Å². The van der Waals surface area contributed by atoms with Gasteiger partial charge in [0, 0.05) is 31.3 Å². The van der Waals surface area contributed by atoms with Crippen molar-refractivity contribution in [3.63, 3.8) is 0 Å². The van der Waals surface area contributed by atoms with Gasteiger partial charge in [-0.25, -0.2) is 9.59 Å². The Bertz CT molecular complexity index is 2370. The zero-order valence-electron chi connectivity index (χ0n) is 39.6. The molecule has 0 unspecified atom stereocenters. The first kappa shape index (κ1) is 64.3. The summed E-state index contributed by atoms with van der Waals surface area (Å²) in [5.74, 6) is -6.70. The number of carboxylic acid groups (broad SMARTS) is 3. The predicted molar refractivity (Wildman–Crippen MR) is 283 cm³/mol. The quantitative estimate of drug-likeness (QED) is 0.0281. The summed E-state index contributed by atoms with van der Waals surface area (Å²) >= 11 is 12.6. The molecule has 0 saturated heterocycles. The van der Waals surface area contributed by atoms with Crippen LogP contribution < -0.4 is 46.6 Å². The summed E-state index contributed by atoms with van der Waals surface area (Å²) in [6.07, 6.45) is -0.467. The molecule has 6 amide bonds. The van der Waals surface area contributed by atoms with E-state index in [4.69, 9.17) is 25.8 Å². The predicted octanol–water partition coefficient (Wildman–Crippen LogP) is 0.0575. The summed E-state index contributed by atoms with van der Waals surface area (Å²) in [7, 11) is 0. The first-order valence-electron chi connectivity index (χ1n) is 21.9. The number of nitrogens with one attached hydrogen (secondary N) is 6. The van der Waals surface area contributed by atoms with Crippen LogP contribution in [0.15, 0.2) is 109 Å². The van der Waals surface area contributed by atoms with Gasteiger partial charge in [-0.05, 0) is 19.8 Å². The molecular formula is C48H59N7O14S2Se2. The Balaban J connectivity index is 0.000000491. The number of amides is 6. The number of aliphatic carboxylic acids is 3. The number of rotatable bonds is 22. The van der Waals surface area contributed by atoms with E-state index in [0.717, 1.165) is 27.2 Å². The third-order valence-corrected chi connectivity index (χ3v) is 11.4. The van der Waals surface area contributed by atoms with Gasteiger partial charge in [-0.15, -0.1) is 0 Å². The molecule has 21 nitrogen and oxygen atoms in total. The monoisotopic (exact) mass is 1180 g/mol. The maximum absolute atomic E-state index is 11.9. The Morgan fingerprint density at radius 2 is 1.01 bits per heavy atom. The van der Waals surface area contributed by atoms with Gasteiger partial charge in [-0.2, -0.15) is 25.3 Å². The van der Waals surface area contributed by atoms with Gasteiger partial charge in [0.15, 0.2) is 0 Å². The number of ether oxygens (including phenoxy) is 1. The van der Waals surface area contributed by atoms with Crippen LogP contribution in [-0.4, -0.2) is 155 Å². The molecule has 0 fully saturated rings. The van der Waals surface area contributed by atoms with Crippen molar-refractivity contribution in [2.24, 2.45) is 5.73 Å². The van der Waals surface area contributed by atoms with E-state index in [1.54, 1.807) is 6.92 Å². The van der Waals surface area contributed by atoms with Crippen molar-refractivity contribution in [3.8, 4) is 0 Å². The van der Waals surface area contributed by atoms with Gasteiger partial charge < -0.3 is 47.1 Å². The van der Waals surface area contributed by atoms with E-state index in [0.29, 0.717) is 11.1 Å². The Hall–Kier alpha value is -6.72. The number of carboxylic acids is 3. The Morgan fingerprint density at radius 1 is 0.589 bits per heavy atom. The van der Waals surface area contributed by atoms with Gasteiger partial charge in [0.2, 0.25) is 23.6 Å². The standard InChI is InChI=1S/2C13H11NOSe.C12H19N3O7S.C10H18N2O5S/c2*15-13(11-8-4-5-9-12(11)16)14-10-6-2-1-3-7-10;1-6(16)14-7(12(21)22)2-3-9(17)15-8(5-23)11(20)13-4-10(18)19;1-2-17-10(16)7(5-18)12-8(13)4-3-6(11)9(14)15/h2*1-9,16H,(H,14,15);7-8,23H,2-5H2,1H3,(H,13,20)(H,14,16)(H,15,17)(H,18,19)(H,21,22);6-7,18H,2-5,11H2,1H3,(H,12,13)(H,14,15)/t;;7-,8-;6-,7-/m..00/s1. The van der Waals surface area contributed by atoms with E-state index in [-0.39, 0.29) is 55.6 Å². The number of carbonyl (C=O) groups excluding carboxylic acids is 7. The fourth-order valence-electron chi connectivity index (χ4n) is 5.39. The van der Waals surface area contributed by atoms with Gasteiger partial charge in [0.05, 0.1) is 6.61 Å². The van der Waals surface area contributed by atoms with Gasteiger partial charge in [-0.3, -0.25) is 28.8 Å². The molecule has 0 saturated carbocycles. The zero-order chi connectivity index (χ0) is 54.9. The van der Waals surface area contributed by atoms with E-state index in [2.05, 4.69) is 89.2 Å². The number of hydrogen-bond acceptors (Lipinski definition) is 14. The average molecular weight is 1180 g/mol. The molecule has 0 spiro atoms. The van der Waals surface area contributed by atoms with Crippen molar-refractivity contribution >= 4 is 137 Å². The molecule has 25 heteroatoms. The van der Waals surface area contributed by atoms with Crippen LogP contribution in [0.5, 0.6) is 0 Å². The van der Waals surface area contributed by atoms with Crippen molar-refractivity contribution in [3.05, 3.63) is 120 Å². The number of esters is 1. The molecule has 0 aromatic heterocycles. The van der Waals surface area contributed by atoms with Crippen LogP contribution >= 0.6 is 25.3 Å². The summed E-state index contributed by atoms with van der Waals surface area (Å²) in [5.41, 5.74) is 8.24. The van der Waals surface area contributed by atoms with Crippen LogP contribution in [0.2, 0.25) is 0 Å². The summed E-state index contributed by atoms with van der Waals surface area (Å²) < 4.78 is 6.58. The van der Waals surface area contributed by atoms with Crippen LogP contribution in [0.1, 0.15) is 60.2 Å². The van der Waals surface area contributed by atoms with Gasteiger partial charge in [0.25, 0.3) is 0 Å². The Kier molecular flexibility index (Phi) is 31.9.